The van der Waals surface area contributed by atoms with Gasteiger partial charge in [-0.2, -0.15) is 0 Å². The number of nitrogens with zero attached hydrogens (tertiary/aromatic N) is 1. The number of benzene rings is 2. The van der Waals surface area contributed by atoms with Crippen molar-refractivity contribution in [2.75, 3.05) is 20.8 Å². The third kappa shape index (κ3) is 3.77. The van der Waals surface area contributed by atoms with E-state index < -0.39 is 0 Å². The van der Waals surface area contributed by atoms with E-state index in [1.54, 1.807) is 14.2 Å². The molecule has 1 heterocycles. The van der Waals surface area contributed by atoms with Crippen LogP contribution in [0.2, 0.25) is 0 Å². The number of hydrogen-bond acceptors (Lipinski definition) is 4. The Morgan fingerprint density at radius 1 is 1.03 bits per heavy atom. The average molecular weight is 471 g/mol. The number of ether oxygens (including phenoxy) is 2. The lowest BCUT2D eigenvalue weighted by molar-refractivity contribution is 0.350. The Kier molecular flexibility index (Phi) is 5.48. The molecule has 2 bridgehead atoms. The standard InChI is InChI=1S/C30H34N2O3/c1-19-4-6-20(7-5-19)18-32-26-15-28(35-3)27(34-2)14-21(26)12-23(29(32)33)17-31-16-22-13-24-8-9-25(22)30(24)10-11-30/h4-9,12,14-15,22,24-25,31H,10-11,13,16-18H2,1-3H3/t22-,24+,25-/m0/s1. The maximum absolute atomic E-state index is 13.7. The summed E-state index contributed by atoms with van der Waals surface area (Å²) < 4.78 is 13.0. The van der Waals surface area contributed by atoms with Crippen molar-refractivity contribution in [3.8, 4) is 11.5 Å². The predicted molar refractivity (Wildman–Crippen MR) is 139 cm³/mol. The molecule has 0 aliphatic heterocycles. The van der Waals surface area contributed by atoms with Crippen LogP contribution in [0.3, 0.4) is 0 Å². The molecule has 0 radical (unpaired) electrons. The van der Waals surface area contributed by atoms with Gasteiger partial charge in [-0.25, -0.2) is 0 Å². The van der Waals surface area contributed by atoms with Crippen molar-refractivity contribution in [2.45, 2.75) is 39.3 Å². The van der Waals surface area contributed by atoms with Gasteiger partial charge in [-0.15, -0.1) is 0 Å². The van der Waals surface area contributed by atoms with E-state index >= 15 is 0 Å². The lowest BCUT2D eigenvalue weighted by Crippen LogP contribution is -2.31. The first-order valence-corrected chi connectivity index (χ1v) is 12.8. The molecule has 3 aliphatic rings. The van der Waals surface area contributed by atoms with Crippen LogP contribution in [-0.2, 0) is 13.1 Å². The van der Waals surface area contributed by atoms with Gasteiger partial charge in [0.25, 0.3) is 5.56 Å². The van der Waals surface area contributed by atoms with Crippen LogP contribution in [0.25, 0.3) is 10.9 Å². The van der Waals surface area contributed by atoms with Crippen LogP contribution in [0, 0.1) is 30.1 Å². The fourth-order valence-electron chi connectivity index (χ4n) is 6.67. The number of aryl methyl sites for hydroxylation is 1. The van der Waals surface area contributed by atoms with Gasteiger partial charge in [-0.3, -0.25) is 4.79 Å². The average Bonchev–Trinajstić information content (AvgIpc) is 3.54. The largest absolute Gasteiger partial charge is 0.493 e. The van der Waals surface area contributed by atoms with Gasteiger partial charge in [0.1, 0.15) is 0 Å². The molecular formula is C30H34N2O3. The van der Waals surface area contributed by atoms with Crippen molar-refractivity contribution in [1.82, 2.24) is 9.88 Å². The van der Waals surface area contributed by atoms with Gasteiger partial charge in [-0.1, -0.05) is 42.0 Å². The predicted octanol–water partition coefficient (Wildman–Crippen LogP) is 5.07. The molecule has 5 heteroatoms. The summed E-state index contributed by atoms with van der Waals surface area (Å²) in [5.74, 6) is 3.50. The van der Waals surface area contributed by atoms with Crippen LogP contribution >= 0.6 is 0 Å². The number of fused-ring (bicyclic) bond motifs is 1. The van der Waals surface area contributed by atoms with Gasteiger partial charge in [0.2, 0.25) is 0 Å². The number of hydrogen-bond donors (Lipinski definition) is 1. The van der Waals surface area contributed by atoms with Crippen molar-refractivity contribution in [3.63, 3.8) is 0 Å². The highest BCUT2D eigenvalue weighted by atomic mass is 16.5. The normalized spacial score (nSPS) is 23.3. The van der Waals surface area contributed by atoms with E-state index in [0.29, 0.717) is 35.9 Å². The Hall–Kier alpha value is -3.05. The molecular weight excluding hydrogens is 436 g/mol. The van der Waals surface area contributed by atoms with E-state index in [2.05, 4.69) is 48.7 Å². The first-order valence-electron chi connectivity index (χ1n) is 12.8. The van der Waals surface area contributed by atoms with E-state index in [-0.39, 0.29) is 5.56 Å². The lowest BCUT2D eigenvalue weighted by Gasteiger charge is -2.21. The van der Waals surface area contributed by atoms with Crippen molar-refractivity contribution in [2.24, 2.45) is 23.2 Å². The lowest BCUT2D eigenvalue weighted by atomic mass is 9.89. The molecule has 0 amide bonds. The first kappa shape index (κ1) is 22.4. The van der Waals surface area contributed by atoms with Gasteiger partial charge in [-0.05, 0) is 73.6 Å². The molecule has 2 fully saturated rings. The molecule has 0 saturated heterocycles. The minimum absolute atomic E-state index is 0.0456. The Morgan fingerprint density at radius 2 is 1.77 bits per heavy atom. The van der Waals surface area contributed by atoms with Crippen molar-refractivity contribution in [3.05, 3.63) is 81.7 Å². The fourth-order valence-corrected chi connectivity index (χ4v) is 6.67. The highest BCUT2D eigenvalue weighted by Crippen LogP contribution is 2.69. The van der Waals surface area contributed by atoms with Crippen LogP contribution in [0.4, 0.5) is 0 Å². The zero-order valence-electron chi connectivity index (χ0n) is 20.8. The second-order valence-electron chi connectivity index (χ2n) is 10.7. The number of pyridine rings is 1. The smallest absolute Gasteiger partial charge is 0.255 e. The number of rotatable bonds is 8. The molecule has 1 N–H and O–H groups in total. The van der Waals surface area contributed by atoms with E-state index in [1.807, 2.05) is 22.8 Å². The van der Waals surface area contributed by atoms with Gasteiger partial charge in [0.15, 0.2) is 11.5 Å². The quantitative estimate of drug-likeness (QED) is 0.467. The molecule has 35 heavy (non-hydrogen) atoms. The third-order valence-electron chi connectivity index (χ3n) is 8.70. The van der Waals surface area contributed by atoms with Crippen LogP contribution in [0.5, 0.6) is 11.5 Å². The van der Waals surface area contributed by atoms with Crippen LogP contribution < -0.4 is 20.3 Å². The molecule has 0 unspecified atom stereocenters. The second-order valence-corrected chi connectivity index (χ2v) is 10.7. The van der Waals surface area contributed by atoms with Crippen molar-refractivity contribution >= 4 is 10.9 Å². The number of nitrogens with one attached hydrogen (secondary N) is 1. The molecule has 1 aromatic heterocycles. The Labute approximate surface area is 206 Å². The van der Waals surface area contributed by atoms with Gasteiger partial charge >= 0.3 is 0 Å². The molecule has 2 aromatic carbocycles. The van der Waals surface area contributed by atoms with Gasteiger partial charge in [0.05, 0.1) is 26.3 Å². The summed E-state index contributed by atoms with van der Waals surface area (Å²) in [5.41, 5.74) is 4.60. The van der Waals surface area contributed by atoms with Crippen molar-refractivity contribution in [1.29, 1.82) is 0 Å². The minimum atomic E-state index is 0.0456. The molecule has 182 valence electrons. The molecule has 1 spiro atoms. The van der Waals surface area contributed by atoms with Gasteiger partial charge in [0, 0.05) is 23.6 Å². The Morgan fingerprint density at radius 3 is 2.46 bits per heavy atom. The highest BCUT2D eigenvalue weighted by molar-refractivity contribution is 5.84. The summed E-state index contributed by atoms with van der Waals surface area (Å²) in [4.78, 5) is 13.7. The minimum Gasteiger partial charge on any atom is -0.493 e. The highest BCUT2D eigenvalue weighted by Gasteiger charge is 2.62. The van der Waals surface area contributed by atoms with Crippen LogP contribution in [0.1, 0.15) is 36.0 Å². The van der Waals surface area contributed by atoms with E-state index in [0.717, 1.165) is 40.4 Å². The zero-order chi connectivity index (χ0) is 24.2. The third-order valence-corrected chi connectivity index (χ3v) is 8.70. The summed E-state index contributed by atoms with van der Waals surface area (Å²) in [6.07, 6.45) is 9.01. The summed E-state index contributed by atoms with van der Waals surface area (Å²) in [7, 11) is 3.27. The van der Waals surface area contributed by atoms with E-state index in [1.165, 1.54) is 24.8 Å². The summed E-state index contributed by atoms with van der Waals surface area (Å²) >= 11 is 0. The molecule has 3 atom stereocenters. The molecule has 3 aliphatic carbocycles. The molecule has 3 aromatic rings. The molecule has 6 rings (SSSR count). The summed E-state index contributed by atoms with van der Waals surface area (Å²) in [6.45, 7) is 4.13. The topological polar surface area (TPSA) is 52.5 Å². The SMILES string of the molecule is COc1cc2cc(CNC[C@@H]3C[C@H]4C=C[C@@H]3C43CC3)c(=O)n(Cc3ccc(C)cc3)c2cc1OC. The zero-order valence-corrected chi connectivity index (χ0v) is 20.8. The second kappa shape index (κ2) is 8.56. The molecule has 2 saturated carbocycles. The number of allylic oxidation sites excluding steroid dienone is 2. The van der Waals surface area contributed by atoms with Crippen LogP contribution in [-0.4, -0.2) is 25.3 Å². The summed E-state index contributed by atoms with van der Waals surface area (Å²) in [6, 6.07) is 14.3. The maximum Gasteiger partial charge on any atom is 0.255 e. The number of aromatic nitrogens is 1. The molecule has 5 nitrogen and oxygen atoms in total. The Balaban J connectivity index is 1.31. The fraction of sp³-hybridized carbons (Fsp3) is 0.433. The Bertz CT molecular complexity index is 1350. The maximum atomic E-state index is 13.7. The van der Waals surface area contributed by atoms with E-state index in [9.17, 15) is 4.79 Å². The van der Waals surface area contributed by atoms with Crippen molar-refractivity contribution < 1.29 is 9.47 Å². The number of methoxy groups -OCH3 is 2. The van der Waals surface area contributed by atoms with E-state index in [4.69, 9.17) is 9.47 Å². The van der Waals surface area contributed by atoms with Crippen LogP contribution in [0.15, 0.2) is 59.4 Å². The first-order chi connectivity index (χ1) is 17.0. The monoisotopic (exact) mass is 470 g/mol. The van der Waals surface area contributed by atoms with Gasteiger partial charge < -0.3 is 19.4 Å². The summed E-state index contributed by atoms with van der Waals surface area (Å²) in [5, 5.41) is 4.62.